The zero-order chi connectivity index (χ0) is 31.0. The van der Waals surface area contributed by atoms with E-state index in [1.807, 2.05) is 0 Å². The molecule has 0 saturated carbocycles. The van der Waals surface area contributed by atoms with Crippen molar-refractivity contribution in [2.75, 3.05) is 19.8 Å². The fourth-order valence-electron chi connectivity index (χ4n) is 5.16. The molecule has 0 aromatic rings. The van der Waals surface area contributed by atoms with Crippen LogP contribution in [0.4, 0.5) is 0 Å². The molecule has 4 heterocycles. The van der Waals surface area contributed by atoms with Crippen molar-refractivity contribution in [3.8, 4) is 0 Å². The number of rotatable bonds is 8. The minimum Gasteiger partial charge on any atom is -0.394 e. The van der Waals surface area contributed by atoms with Gasteiger partial charge in [0, 0.05) is 0 Å². The monoisotopic (exact) mass is 620 g/mol. The number of hydrogen-bond acceptors (Lipinski definition) is 19. The zero-order valence-corrected chi connectivity index (χ0v) is 22.3. The van der Waals surface area contributed by atoms with Crippen molar-refractivity contribution in [1.29, 1.82) is 0 Å². The van der Waals surface area contributed by atoms with E-state index >= 15 is 0 Å². The highest BCUT2D eigenvalue weighted by Crippen LogP contribution is 2.32. The van der Waals surface area contributed by atoms with Crippen LogP contribution in [0.2, 0.25) is 0 Å². The van der Waals surface area contributed by atoms with Gasteiger partial charge in [-0.3, -0.25) is 0 Å². The van der Waals surface area contributed by atoms with E-state index in [9.17, 15) is 61.3 Å². The van der Waals surface area contributed by atoms with Gasteiger partial charge in [0.25, 0.3) is 0 Å². The van der Waals surface area contributed by atoms with Crippen LogP contribution < -0.4 is 0 Å². The molecule has 0 aromatic heterocycles. The van der Waals surface area contributed by atoms with Gasteiger partial charge in [-0.1, -0.05) is 0 Å². The molecule has 19 nitrogen and oxygen atoms in total. The van der Waals surface area contributed by atoms with E-state index in [1.54, 1.807) is 0 Å². The highest BCUT2D eigenvalue weighted by molar-refractivity contribution is 4.95. The third-order valence-corrected chi connectivity index (χ3v) is 7.80. The first-order valence-electron chi connectivity index (χ1n) is 13.4. The van der Waals surface area contributed by atoms with E-state index in [-0.39, 0.29) is 0 Å². The molecule has 0 radical (unpaired) electrons. The summed E-state index contributed by atoms with van der Waals surface area (Å²) in [4.78, 5) is 0. The Morgan fingerprint density at radius 1 is 0.524 bits per heavy atom. The van der Waals surface area contributed by atoms with Gasteiger partial charge in [-0.2, -0.15) is 0 Å². The minimum absolute atomic E-state index is 0.480. The van der Waals surface area contributed by atoms with Crippen molar-refractivity contribution in [2.24, 2.45) is 0 Å². The van der Waals surface area contributed by atoms with Crippen LogP contribution in [-0.2, 0) is 33.2 Å². The number of aliphatic hydroxyl groups excluding tert-OH is 12. The molecule has 19 heteroatoms. The predicted octanol–water partition coefficient (Wildman–Crippen LogP) is -8.08. The Hall–Kier alpha value is -0.760. The molecule has 4 fully saturated rings. The second kappa shape index (κ2) is 14.1. The van der Waals surface area contributed by atoms with Gasteiger partial charge in [0.15, 0.2) is 25.2 Å². The molecule has 0 amide bonds. The smallest absolute Gasteiger partial charge is 0.187 e. The lowest BCUT2D eigenvalue weighted by molar-refractivity contribution is -0.383. The van der Waals surface area contributed by atoms with Gasteiger partial charge in [0.1, 0.15) is 85.5 Å². The first-order valence-corrected chi connectivity index (χ1v) is 13.4. The number of hydrogen-bond donors (Lipinski definition) is 12. The molecule has 0 aliphatic carbocycles. The third-order valence-electron chi connectivity index (χ3n) is 7.80. The van der Waals surface area contributed by atoms with Gasteiger partial charge < -0.3 is 94.4 Å². The highest BCUT2D eigenvalue weighted by atomic mass is 16.8. The molecule has 4 aliphatic rings. The lowest BCUT2D eigenvalue weighted by Crippen LogP contribution is -2.66. The summed E-state index contributed by atoms with van der Waals surface area (Å²) in [7, 11) is 0. The van der Waals surface area contributed by atoms with E-state index < -0.39 is 137 Å². The van der Waals surface area contributed by atoms with Crippen LogP contribution in [0.1, 0.15) is 6.92 Å². The quantitative estimate of drug-likeness (QED) is 0.120. The van der Waals surface area contributed by atoms with Crippen LogP contribution in [0, 0.1) is 0 Å². The molecule has 0 spiro atoms. The first-order chi connectivity index (χ1) is 19.8. The fraction of sp³-hybridized carbons (Fsp3) is 1.00. The van der Waals surface area contributed by atoms with Gasteiger partial charge in [0.2, 0.25) is 0 Å². The molecule has 4 rings (SSSR count). The van der Waals surface area contributed by atoms with Gasteiger partial charge in [0.05, 0.1) is 25.9 Å². The first kappa shape index (κ1) is 34.1. The van der Waals surface area contributed by atoms with Crippen LogP contribution >= 0.6 is 0 Å². The van der Waals surface area contributed by atoms with Gasteiger partial charge in [-0.25, -0.2) is 0 Å². The Bertz CT molecular complexity index is 851. The van der Waals surface area contributed by atoms with Crippen molar-refractivity contribution in [3.05, 3.63) is 0 Å². The lowest BCUT2D eigenvalue weighted by Gasteiger charge is -2.47. The second-order valence-corrected chi connectivity index (χ2v) is 10.7. The fourth-order valence-corrected chi connectivity index (χ4v) is 5.16. The summed E-state index contributed by atoms with van der Waals surface area (Å²) in [5, 5.41) is 122. The van der Waals surface area contributed by atoms with Crippen molar-refractivity contribution in [1.82, 2.24) is 0 Å². The molecule has 4 aliphatic heterocycles. The van der Waals surface area contributed by atoms with Crippen molar-refractivity contribution >= 4 is 0 Å². The molecule has 42 heavy (non-hydrogen) atoms. The van der Waals surface area contributed by atoms with E-state index in [0.717, 1.165) is 0 Å². The van der Waals surface area contributed by atoms with Crippen LogP contribution in [0.5, 0.6) is 0 Å². The molecular weight excluding hydrogens is 580 g/mol. The zero-order valence-electron chi connectivity index (χ0n) is 22.3. The van der Waals surface area contributed by atoms with Gasteiger partial charge >= 0.3 is 0 Å². The summed E-state index contributed by atoms with van der Waals surface area (Å²) >= 11 is 0. The molecule has 246 valence electrons. The third kappa shape index (κ3) is 6.74. The van der Waals surface area contributed by atoms with E-state index in [2.05, 4.69) is 0 Å². The molecule has 0 unspecified atom stereocenters. The molecule has 0 aromatic carbocycles. The number of ether oxygens (including phenoxy) is 7. The summed E-state index contributed by atoms with van der Waals surface area (Å²) in [6, 6.07) is 0. The topological polar surface area (TPSA) is 307 Å². The number of aliphatic hydroxyl groups is 12. The molecule has 12 N–H and O–H groups in total. The Balaban J connectivity index is 1.41. The molecule has 19 atom stereocenters. The van der Waals surface area contributed by atoms with Crippen molar-refractivity contribution < 1.29 is 94.4 Å². The van der Waals surface area contributed by atoms with Gasteiger partial charge in [-0.05, 0) is 6.92 Å². The van der Waals surface area contributed by atoms with Crippen molar-refractivity contribution in [3.63, 3.8) is 0 Å². The largest absolute Gasteiger partial charge is 0.394 e. The predicted molar refractivity (Wildman–Crippen MR) is 126 cm³/mol. The summed E-state index contributed by atoms with van der Waals surface area (Å²) in [5.41, 5.74) is 0. The second-order valence-electron chi connectivity index (χ2n) is 10.7. The normalized spacial score (nSPS) is 54.1. The summed E-state index contributed by atoms with van der Waals surface area (Å²) in [5.74, 6) is 0. The summed E-state index contributed by atoms with van der Waals surface area (Å²) in [6.07, 6.45) is -31.0. The van der Waals surface area contributed by atoms with Crippen molar-refractivity contribution in [2.45, 2.75) is 124 Å². The summed E-state index contributed by atoms with van der Waals surface area (Å²) < 4.78 is 37.8. The van der Waals surface area contributed by atoms with Gasteiger partial charge in [-0.15, -0.1) is 0 Å². The molecule has 0 bridgehead atoms. The van der Waals surface area contributed by atoms with E-state index in [0.29, 0.717) is 0 Å². The maximum absolute atomic E-state index is 10.9. The molecular formula is C23H40O19. The Labute approximate surface area is 238 Å². The lowest BCUT2D eigenvalue weighted by atomic mass is 9.97. The maximum atomic E-state index is 10.9. The highest BCUT2D eigenvalue weighted by Gasteiger charge is 2.53. The van der Waals surface area contributed by atoms with Crippen LogP contribution in [0.15, 0.2) is 0 Å². The Morgan fingerprint density at radius 2 is 1.02 bits per heavy atom. The SMILES string of the molecule is C[C@@H]1O[C@@H](O[C@H]2[C@H](O)[C@@H](O)[C@H](O[C@@H]3[C@@H](O)[C@@H](O[C@@H]4O[C@H](CO)[C@@H](O)[C@H](O)[C@H]4O)CO[C@H]3O)O[C@@H]2CO)[C@H](O)[C@H](O)[C@H]1O. The maximum Gasteiger partial charge on any atom is 0.187 e. The minimum atomic E-state index is -1.95. The average molecular weight is 621 g/mol. The standard InChI is InChI=1S/C23H40O19/c1-5-9(26)12(29)15(32)21(37-5)41-18-7(3-25)39-23(17(34)14(18)31)42-19-11(28)8(4-36-20(19)35)40-22-16(33)13(30)10(27)6(2-24)38-22/h5-35H,2-4H2,1H3/t5-,6+,7+,8-,9-,10+,11-,12+,13-,14+,15+,16+,17+,18+,19+,20+,21-,22-,23-/m0/s1. The Morgan fingerprint density at radius 3 is 1.64 bits per heavy atom. The summed E-state index contributed by atoms with van der Waals surface area (Å²) in [6.45, 7) is -0.648. The van der Waals surface area contributed by atoms with E-state index in [1.165, 1.54) is 6.92 Å². The van der Waals surface area contributed by atoms with E-state index in [4.69, 9.17) is 33.2 Å². The Kier molecular flexibility index (Phi) is 11.5. The average Bonchev–Trinajstić information content (AvgIpc) is 2.97. The van der Waals surface area contributed by atoms with Crippen LogP contribution in [0.3, 0.4) is 0 Å². The van der Waals surface area contributed by atoms with Crippen LogP contribution in [0.25, 0.3) is 0 Å². The van der Waals surface area contributed by atoms with Crippen LogP contribution in [-0.4, -0.2) is 198 Å². The molecule has 4 saturated heterocycles.